The molecule has 0 aliphatic rings. The number of hydrogen-bond acceptors (Lipinski definition) is 5. The van der Waals surface area contributed by atoms with Gasteiger partial charge in [-0.2, -0.15) is 0 Å². The lowest BCUT2D eigenvalue weighted by Crippen LogP contribution is -2.20. The van der Waals surface area contributed by atoms with Crippen molar-refractivity contribution in [2.45, 2.75) is 33.1 Å². The summed E-state index contributed by atoms with van der Waals surface area (Å²) in [5, 5.41) is 10.6. The zero-order valence-electron chi connectivity index (χ0n) is 15.7. The summed E-state index contributed by atoms with van der Waals surface area (Å²) in [6.45, 7) is 6.00. The minimum Gasteiger partial charge on any atom is -0.484 e. The average molecular weight is 365 g/mol. The van der Waals surface area contributed by atoms with Crippen LogP contribution in [0.5, 0.6) is 5.75 Å². The van der Waals surface area contributed by atoms with E-state index in [0.717, 1.165) is 5.56 Å². The number of carbonyl (C=O) groups is 1. The van der Waals surface area contributed by atoms with E-state index in [-0.39, 0.29) is 12.5 Å². The predicted octanol–water partition coefficient (Wildman–Crippen LogP) is 4.11. The Hall–Kier alpha value is -3.15. The molecule has 0 unspecified atom stereocenters. The quantitative estimate of drug-likeness (QED) is 0.682. The number of nitrogens with one attached hydrogen (secondary N) is 1. The summed E-state index contributed by atoms with van der Waals surface area (Å²) in [6.07, 6.45) is 0.560. The van der Waals surface area contributed by atoms with E-state index < -0.39 is 0 Å². The summed E-state index contributed by atoms with van der Waals surface area (Å²) in [5.74, 6) is 2.06. The molecule has 27 heavy (non-hydrogen) atoms. The van der Waals surface area contributed by atoms with E-state index in [1.807, 2.05) is 48.5 Å². The molecular formula is C21H23N3O3. The second-order valence-electron chi connectivity index (χ2n) is 6.65. The van der Waals surface area contributed by atoms with Crippen molar-refractivity contribution in [1.29, 1.82) is 0 Å². The van der Waals surface area contributed by atoms with Gasteiger partial charge in [-0.15, -0.1) is 10.2 Å². The number of nitrogens with zero attached hydrogens (tertiary/aromatic N) is 2. The molecule has 0 spiro atoms. The van der Waals surface area contributed by atoms with E-state index in [1.54, 1.807) is 6.92 Å². The van der Waals surface area contributed by atoms with Crippen LogP contribution in [0.2, 0.25) is 0 Å². The Bertz CT molecular complexity index is 884. The van der Waals surface area contributed by atoms with Gasteiger partial charge in [0.2, 0.25) is 11.8 Å². The van der Waals surface area contributed by atoms with Crippen molar-refractivity contribution in [3.05, 3.63) is 71.4 Å². The highest BCUT2D eigenvalue weighted by molar-refractivity contribution is 5.91. The maximum atomic E-state index is 12.1. The SMILES string of the molecule is Cc1nnc(Cc2ccc(NC(=O)COc3ccc(C(C)C)cc3)cc2)o1. The average Bonchev–Trinajstić information content (AvgIpc) is 3.07. The fraction of sp³-hybridized carbons (Fsp3) is 0.286. The second kappa shape index (κ2) is 8.49. The Balaban J connectivity index is 1.48. The van der Waals surface area contributed by atoms with Gasteiger partial charge in [0.1, 0.15) is 5.75 Å². The molecule has 2 aromatic carbocycles. The van der Waals surface area contributed by atoms with Crippen molar-refractivity contribution in [3.63, 3.8) is 0 Å². The number of benzene rings is 2. The number of hydrogen-bond donors (Lipinski definition) is 1. The molecular weight excluding hydrogens is 342 g/mol. The third-order valence-corrected chi connectivity index (χ3v) is 4.08. The van der Waals surface area contributed by atoms with Gasteiger partial charge in [-0.3, -0.25) is 4.79 Å². The lowest BCUT2D eigenvalue weighted by atomic mass is 10.0. The lowest BCUT2D eigenvalue weighted by molar-refractivity contribution is -0.118. The molecule has 6 nitrogen and oxygen atoms in total. The molecule has 0 aliphatic heterocycles. The van der Waals surface area contributed by atoms with Gasteiger partial charge in [0, 0.05) is 12.6 Å². The number of carbonyl (C=O) groups excluding carboxylic acids is 1. The fourth-order valence-electron chi connectivity index (χ4n) is 2.58. The third-order valence-electron chi connectivity index (χ3n) is 4.08. The molecule has 6 heteroatoms. The van der Waals surface area contributed by atoms with Crippen molar-refractivity contribution in [3.8, 4) is 5.75 Å². The van der Waals surface area contributed by atoms with Gasteiger partial charge in [0.05, 0.1) is 6.42 Å². The molecule has 140 valence electrons. The van der Waals surface area contributed by atoms with Crippen molar-refractivity contribution < 1.29 is 13.9 Å². The highest BCUT2D eigenvalue weighted by Crippen LogP contribution is 2.18. The van der Waals surface area contributed by atoms with E-state index in [9.17, 15) is 4.79 Å². The Morgan fingerprint density at radius 2 is 1.78 bits per heavy atom. The van der Waals surface area contributed by atoms with Crippen LogP contribution in [0.25, 0.3) is 0 Å². The van der Waals surface area contributed by atoms with Crippen LogP contribution in [0.15, 0.2) is 52.9 Å². The van der Waals surface area contributed by atoms with Crippen LogP contribution in [0.1, 0.15) is 42.7 Å². The summed E-state index contributed by atoms with van der Waals surface area (Å²) >= 11 is 0. The number of ether oxygens (including phenoxy) is 1. The van der Waals surface area contributed by atoms with Gasteiger partial charge in [-0.05, 0) is 41.3 Å². The zero-order valence-corrected chi connectivity index (χ0v) is 15.7. The molecule has 0 atom stereocenters. The lowest BCUT2D eigenvalue weighted by Gasteiger charge is -2.09. The third kappa shape index (κ3) is 5.41. The van der Waals surface area contributed by atoms with Crippen LogP contribution < -0.4 is 10.1 Å². The largest absolute Gasteiger partial charge is 0.484 e. The van der Waals surface area contributed by atoms with Gasteiger partial charge in [-0.25, -0.2) is 0 Å². The number of rotatable bonds is 7. The number of aromatic nitrogens is 2. The maximum Gasteiger partial charge on any atom is 0.262 e. The molecule has 0 fully saturated rings. The van der Waals surface area contributed by atoms with E-state index in [0.29, 0.717) is 35.6 Å². The Morgan fingerprint density at radius 1 is 1.07 bits per heavy atom. The van der Waals surface area contributed by atoms with Crippen molar-refractivity contribution in [2.24, 2.45) is 0 Å². The first-order chi connectivity index (χ1) is 13.0. The Morgan fingerprint density at radius 3 is 2.37 bits per heavy atom. The first-order valence-electron chi connectivity index (χ1n) is 8.90. The first-order valence-corrected chi connectivity index (χ1v) is 8.90. The van der Waals surface area contributed by atoms with Crippen molar-refractivity contribution in [1.82, 2.24) is 10.2 Å². The number of aryl methyl sites for hydroxylation is 1. The Labute approximate surface area is 158 Å². The summed E-state index contributed by atoms with van der Waals surface area (Å²) in [4.78, 5) is 12.1. The molecule has 3 rings (SSSR count). The monoisotopic (exact) mass is 365 g/mol. The minimum atomic E-state index is -0.205. The highest BCUT2D eigenvalue weighted by atomic mass is 16.5. The zero-order chi connectivity index (χ0) is 19.2. The molecule has 1 amide bonds. The predicted molar refractivity (Wildman–Crippen MR) is 103 cm³/mol. The van der Waals surface area contributed by atoms with Gasteiger partial charge < -0.3 is 14.5 Å². The number of amides is 1. The molecule has 0 aliphatic carbocycles. The molecule has 3 aromatic rings. The molecule has 1 N–H and O–H groups in total. The summed E-state index contributed by atoms with van der Waals surface area (Å²) < 4.78 is 10.9. The highest BCUT2D eigenvalue weighted by Gasteiger charge is 2.07. The summed E-state index contributed by atoms with van der Waals surface area (Å²) in [6, 6.07) is 15.3. The van der Waals surface area contributed by atoms with Gasteiger partial charge in [0.25, 0.3) is 5.91 Å². The van der Waals surface area contributed by atoms with E-state index in [1.165, 1.54) is 5.56 Å². The first kappa shape index (κ1) is 18.6. The molecule has 1 heterocycles. The standard InChI is InChI=1S/C21H23N3O3/c1-14(2)17-6-10-19(11-7-17)26-13-20(25)22-18-8-4-16(5-9-18)12-21-24-23-15(3)27-21/h4-11,14H,12-13H2,1-3H3,(H,22,25). The summed E-state index contributed by atoms with van der Waals surface area (Å²) in [5.41, 5.74) is 2.98. The van der Waals surface area contributed by atoms with Crippen LogP contribution in [0.4, 0.5) is 5.69 Å². The van der Waals surface area contributed by atoms with Crippen LogP contribution in [-0.4, -0.2) is 22.7 Å². The van der Waals surface area contributed by atoms with Crippen LogP contribution in [0, 0.1) is 6.92 Å². The van der Waals surface area contributed by atoms with E-state index in [4.69, 9.17) is 9.15 Å². The fourth-order valence-corrected chi connectivity index (χ4v) is 2.58. The topological polar surface area (TPSA) is 77.2 Å². The smallest absolute Gasteiger partial charge is 0.262 e. The molecule has 0 bridgehead atoms. The van der Waals surface area contributed by atoms with E-state index in [2.05, 4.69) is 29.4 Å². The van der Waals surface area contributed by atoms with Gasteiger partial charge in [-0.1, -0.05) is 38.1 Å². The maximum absolute atomic E-state index is 12.1. The van der Waals surface area contributed by atoms with Gasteiger partial charge >= 0.3 is 0 Å². The molecule has 0 saturated carbocycles. The van der Waals surface area contributed by atoms with E-state index >= 15 is 0 Å². The van der Waals surface area contributed by atoms with Crippen molar-refractivity contribution in [2.75, 3.05) is 11.9 Å². The van der Waals surface area contributed by atoms with Crippen LogP contribution in [-0.2, 0) is 11.2 Å². The second-order valence-corrected chi connectivity index (χ2v) is 6.65. The van der Waals surface area contributed by atoms with Crippen LogP contribution in [0.3, 0.4) is 0 Å². The molecule has 1 aromatic heterocycles. The normalized spacial score (nSPS) is 10.8. The molecule has 0 radical (unpaired) electrons. The van der Waals surface area contributed by atoms with Crippen molar-refractivity contribution >= 4 is 11.6 Å². The number of anilines is 1. The Kier molecular flexibility index (Phi) is 5.86. The van der Waals surface area contributed by atoms with Gasteiger partial charge in [0.15, 0.2) is 6.61 Å². The summed E-state index contributed by atoms with van der Waals surface area (Å²) in [7, 11) is 0. The minimum absolute atomic E-state index is 0.0377. The molecule has 0 saturated heterocycles. The van der Waals surface area contributed by atoms with Crippen LogP contribution >= 0.6 is 0 Å².